The number of anilines is 2. The smallest absolute Gasteiger partial charge is 0.221 e. The Balaban J connectivity index is 1.91. The lowest BCUT2D eigenvalue weighted by atomic mass is 10.4. The molecule has 0 bridgehead atoms. The predicted molar refractivity (Wildman–Crippen MR) is 80.5 cm³/mol. The second-order valence-corrected chi connectivity index (χ2v) is 4.40. The fraction of sp³-hybridized carbons (Fsp3) is 0.462. The Morgan fingerprint density at radius 1 is 1.43 bits per heavy atom. The minimum Gasteiger partial charge on any atom is -0.383 e. The third kappa shape index (κ3) is 4.06. The van der Waals surface area contributed by atoms with Gasteiger partial charge in [0.2, 0.25) is 5.91 Å². The van der Waals surface area contributed by atoms with Crippen molar-refractivity contribution in [3.8, 4) is 0 Å². The maximum Gasteiger partial charge on any atom is 0.221 e. The number of amides is 1. The Hall–Kier alpha value is -2.35. The maximum absolute atomic E-state index is 11.6. The van der Waals surface area contributed by atoms with Gasteiger partial charge in [-0.1, -0.05) is 0 Å². The lowest BCUT2D eigenvalue weighted by Crippen LogP contribution is -2.28. The summed E-state index contributed by atoms with van der Waals surface area (Å²) in [5.74, 6) is 1.35. The van der Waals surface area contributed by atoms with Crippen LogP contribution in [0.25, 0.3) is 5.65 Å². The van der Waals surface area contributed by atoms with Crippen LogP contribution in [0, 0.1) is 0 Å². The van der Waals surface area contributed by atoms with Gasteiger partial charge < -0.3 is 25.1 Å². The summed E-state index contributed by atoms with van der Waals surface area (Å²) < 4.78 is 6.75. The van der Waals surface area contributed by atoms with E-state index in [0.717, 1.165) is 11.5 Å². The molecule has 2 aromatic heterocycles. The van der Waals surface area contributed by atoms with Gasteiger partial charge in [-0.2, -0.15) is 0 Å². The Morgan fingerprint density at radius 2 is 2.29 bits per heavy atom. The highest BCUT2D eigenvalue weighted by molar-refractivity contribution is 5.76. The second-order valence-electron chi connectivity index (χ2n) is 4.40. The van der Waals surface area contributed by atoms with E-state index < -0.39 is 0 Å². The molecule has 0 aliphatic heterocycles. The van der Waals surface area contributed by atoms with E-state index in [1.54, 1.807) is 20.4 Å². The Morgan fingerprint density at radius 3 is 3.05 bits per heavy atom. The summed E-state index contributed by atoms with van der Waals surface area (Å²) in [6, 6.07) is 0. The van der Waals surface area contributed by atoms with Gasteiger partial charge in [-0.15, -0.1) is 0 Å². The first kappa shape index (κ1) is 15.0. The first-order valence-corrected chi connectivity index (χ1v) is 6.75. The summed E-state index contributed by atoms with van der Waals surface area (Å²) in [6.45, 7) is 1.52. The van der Waals surface area contributed by atoms with E-state index in [0.29, 0.717) is 31.9 Å². The van der Waals surface area contributed by atoms with Crippen molar-refractivity contribution in [1.29, 1.82) is 0 Å². The van der Waals surface area contributed by atoms with Crippen LogP contribution in [0.1, 0.15) is 6.42 Å². The quantitative estimate of drug-likeness (QED) is 0.607. The largest absolute Gasteiger partial charge is 0.383 e. The molecule has 0 unspecified atom stereocenters. The van der Waals surface area contributed by atoms with Crippen molar-refractivity contribution in [2.75, 3.05) is 44.5 Å². The van der Waals surface area contributed by atoms with Gasteiger partial charge in [-0.25, -0.2) is 9.97 Å². The topological polar surface area (TPSA) is 92.6 Å². The van der Waals surface area contributed by atoms with E-state index in [4.69, 9.17) is 4.74 Å². The number of rotatable bonds is 8. The summed E-state index contributed by atoms with van der Waals surface area (Å²) >= 11 is 0. The first-order valence-electron chi connectivity index (χ1n) is 6.75. The molecule has 114 valence electrons. The number of carbonyl (C=O) groups excluding carboxylic acids is 1. The number of hydrogen-bond acceptors (Lipinski definition) is 6. The second kappa shape index (κ2) is 7.44. The van der Waals surface area contributed by atoms with E-state index in [1.807, 2.05) is 16.8 Å². The maximum atomic E-state index is 11.6. The molecule has 0 radical (unpaired) electrons. The lowest BCUT2D eigenvalue weighted by Gasteiger charge is -2.09. The molecule has 0 aliphatic rings. The molecule has 8 heteroatoms. The number of ether oxygens (including phenoxy) is 1. The standard InChI is InChI=1S/C13H20N6O2/c1-14-10-9-19-7-5-17-13(19)12(18-10)16-4-3-11(20)15-6-8-21-2/h5,7,9,14H,3-4,6,8H2,1-2H3,(H,15,20)(H,16,18). The van der Waals surface area contributed by atoms with Crippen LogP contribution in [0.15, 0.2) is 18.6 Å². The predicted octanol–water partition coefficient (Wildman–Crippen LogP) is 0.336. The number of carbonyl (C=O) groups is 1. The highest BCUT2D eigenvalue weighted by Gasteiger charge is 2.07. The van der Waals surface area contributed by atoms with E-state index in [2.05, 4.69) is 25.9 Å². The van der Waals surface area contributed by atoms with Crippen molar-refractivity contribution < 1.29 is 9.53 Å². The van der Waals surface area contributed by atoms with Crippen LogP contribution in [-0.2, 0) is 9.53 Å². The molecule has 1 amide bonds. The molecule has 2 aromatic rings. The van der Waals surface area contributed by atoms with Gasteiger partial charge >= 0.3 is 0 Å². The fourth-order valence-corrected chi connectivity index (χ4v) is 1.85. The van der Waals surface area contributed by atoms with E-state index in [9.17, 15) is 4.79 Å². The molecular formula is C13H20N6O2. The molecule has 0 atom stereocenters. The number of aromatic nitrogens is 3. The average molecular weight is 292 g/mol. The molecule has 0 aliphatic carbocycles. The molecule has 2 heterocycles. The molecule has 8 nitrogen and oxygen atoms in total. The van der Waals surface area contributed by atoms with Crippen molar-refractivity contribution in [2.24, 2.45) is 0 Å². The van der Waals surface area contributed by atoms with Crippen LogP contribution < -0.4 is 16.0 Å². The van der Waals surface area contributed by atoms with Crippen LogP contribution in [0.2, 0.25) is 0 Å². The Kier molecular flexibility index (Phi) is 5.33. The lowest BCUT2D eigenvalue weighted by molar-refractivity contribution is -0.121. The molecule has 21 heavy (non-hydrogen) atoms. The molecule has 2 rings (SSSR count). The van der Waals surface area contributed by atoms with E-state index in [-0.39, 0.29) is 5.91 Å². The van der Waals surface area contributed by atoms with Crippen molar-refractivity contribution in [3.63, 3.8) is 0 Å². The molecule has 0 spiro atoms. The third-order valence-corrected chi connectivity index (χ3v) is 2.90. The summed E-state index contributed by atoms with van der Waals surface area (Å²) in [5, 5.41) is 8.90. The van der Waals surface area contributed by atoms with Crippen LogP contribution >= 0.6 is 0 Å². The van der Waals surface area contributed by atoms with Gasteiger partial charge in [0.15, 0.2) is 11.5 Å². The number of nitrogens with zero attached hydrogens (tertiary/aromatic N) is 3. The highest BCUT2D eigenvalue weighted by atomic mass is 16.5. The summed E-state index contributed by atoms with van der Waals surface area (Å²) in [5.41, 5.74) is 0.730. The van der Waals surface area contributed by atoms with Gasteiger partial charge in [0.25, 0.3) is 0 Å². The Bertz CT molecular complexity index is 597. The summed E-state index contributed by atoms with van der Waals surface area (Å²) in [7, 11) is 3.40. The van der Waals surface area contributed by atoms with Crippen LogP contribution in [0.3, 0.4) is 0 Å². The molecule has 0 aromatic carbocycles. The third-order valence-electron chi connectivity index (χ3n) is 2.90. The summed E-state index contributed by atoms with van der Waals surface area (Å²) in [6.07, 6.45) is 5.77. The van der Waals surface area contributed by atoms with Crippen molar-refractivity contribution in [3.05, 3.63) is 18.6 Å². The van der Waals surface area contributed by atoms with Crippen molar-refractivity contribution >= 4 is 23.2 Å². The van der Waals surface area contributed by atoms with Gasteiger partial charge in [-0.05, 0) is 0 Å². The van der Waals surface area contributed by atoms with Crippen molar-refractivity contribution in [2.45, 2.75) is 6.42 Å². The zero-order chi connectivity index (χ0) is 15.1. The molecule has 0 saturated heterocycles. The van der Waals surface area contributed by atoms with E-state index >= 15 is 0 Å². The normalized spacial score (nSPS) is 10.6. The number of fused-ring (bicyclic) bond motifs is 1. The van der Waals surface area contributed by atoms with Gasteiger partial charge in [0, 0.05) is 46.1 Å². The molecule has 0 saturated carbocycles. The van der Waals surface area contributed by atoms with E-state index in [1.165, 1.54) is 0 Å². The monoisotopic (exact) mass is 292 g/mol. The zero-order valence-electron chi connectivity index (χ0n) is 12.2. The van der Waals surface area contributed by atoms with Crippen molar-refractivity contribution in [1.82, 2.24) is 19.7 Å². The first-order chi connectivity index (χ1) is 10.2. The summed E-state index contributed by atoms with van der Waals surface area (Å²) in [4.78, 5) is 20.2. The van der Waals surface area contributed by atoms with Crippen LogP contribution in [-0.4, -0.2) is 54.1 Å². The Labute approximate surface area is 122 Å². The zero-order valence-corrected chi connectivity index (χ0v) is 12.2. The number of nitrogens with one attached hydrogen (secondary N) is 3. The number of imidazole rings is 1. The minimum absolute atomic E-state index is 0.0244. The minimum atomic E-state index is -0.0244. The number of methoxy groups -OCH3 is 1. The fourth-order valence-electron chi connectivity index (χ4n) is 1.85. The van der Waals surface area contributed by atoms with Gasteiger partial charge in [0.1, 0.15) is 5.82 Å². The molecule has 3 N–H and O–H groups in total. The molecular weight excluding hydrogens is 272 g/mol. The SMILES string of the molecule is CNc1cn2ccnc2c(NCCC(=O)NCCOC)n1. The number of hydrogen-bond donors (Lipinski definition) is 3. The highest BCUT2D eigenvalue weighted by Crippen LogP contribution is 2.15. The van der Waals surface area contributed by atoms with Gasteiger partial charge in [-0.3, -0.25) is 4.79 Å². The van der Waals surface area contributed by atoms with Crippen LogP contribution in [0.5, 0.6) is 0 Å². The average Bonchev–Trinajstić information content (AvgIpc) is 2.95. The molecule has 0 fully saturated rings. The van der Waals surface area contributed by atoms with Crippen LogP contribution in [0.4, 0.5) is 11.6 Å². The van der Waals surface area contributed by atoms with Gasteiger partial charge in [0.05, 0.1) is 12.8 Å².